The maximum Gasteiger partial charge on any atom is 0.227 e. The summed E-state index contributed by atoms with van der Waals surface area (Å²) in [5, 5.41) is 6.37. The van der Waals surface area contributed by atoms with E-state index >= 15 is 0 Å². The highest BCUT2D eigenvalue weighted by molar-refractivity contribution is 7.99. The smallest absolute Gasteiger partial charge is 0.227 e. The van der Waals surface area contributed by atoms with Gasteiger partial charge in [-0.05, 0) is 43.7 Å². The Morgan fingerprint density at radius 2 is 2.53 bits per heavy atom. The molecule has 0 spiro atoms. The molecule has 0 aromatic carbocycles. The van der Waals surface area contributed by atoms with Crippen LogP contribution in [0.1, 0.15) is 19.8 Å². The second-order valence-electron chi connectivity index (χ2n) is 4.93. The van der Waals surface area contributed by atoms with Gasteiger partial charge in [0, 0.05) is 13.1 Å². The van der Waals surface area contributed by atoms with E-state index in [1.165, 1.54) is 17.9 Å². The number of hydrogen-bond acceptors (Lipinski definition) is 3. The van der Waals surface area contributed by atoms with Crippen LogP contribution in [-0.2, 0) is 4.79 Å². The molecule has 0 aromatic heterocycles. The Hall–Kier alpha value is -0.220. The van der Waals surface area contributed by atoms with Crippen LogP contribution in [0.2, 0.25) is 0 Å². The van der Waals surface area contributed by atoms with E-state index < -0.39 is 0 Å². The molecule has 4 heteroatoms. The molecule has 1 amide bonds. The van der Waals surface area contributed by atoms with Crippen LogP contribution in [0.5, 0.6) is 0 Å². The fraction of sp³-hybridized carbons (Fsp3) is 0.909. The molecule has 0 aliphatic carbocycles. The van der Waals surface area contributed by atoms with Gasteiger partial charge >= 0.3 is 0 Å². The van der Waals surface area contributed by atoms with Crippen LogP contribution in [-0.4, -0.2) is 37.0 Å². The second kappa shape index (κ2) is 4.74. The first-order valence-electron chi connectivity index (χ1n) is 5.77. The predicted molar refractivity (Wildman–Crippen MR) is 64.0 cm³/mol. The third-order valence-electron chi connectivity index (χ3n) is 3.49. The minimum absolute atomic E-state index is 0.161. The normalized spacial score (nSPS) is 35.7. The van der Waals surface area contributed by atoms with E-state index in [2.05, 4.69) is 17.6 Å². The lowest BCUT2D eigenvalue weighted by Gasteiger charge is -2.22. The molecule has 86 valence electrons. The summed E-state index contributed by atoms with van der Waals surface area (Å²) in [6, 6.07) is 0. The first kappa shape index (κ1) is 11.3. The Kier molecular flexibility index (Phi) is 3.57. The van der Waals surface area contributed by atoms with Crippen molar-refractivity contribution in [1.29, 1.82) is 0 Å². The van der Waals surface area contributed by atoms with E-state index in [9.17, 15) is 4.79 Å². The Balaban J connectivity index is 1.76. The molecular formula is C11H20N2OS. The van der Waals surface area contributed by atoms with Gasteiger partial charge in [-0.3, -0.25) is 4.79 Å². The zero-order chi connectivity index (χ0) is 10.7. The summed E-state index contributed by atoms with van der Waals surface area (Å²) in [5.41, 5.74) is -0.161. The van der Waals surface area contributed by atoms with Crippen molar-refractivity contribution in [3.05, 3.63) is 0 Å². The summed E-state index contributed by atoms with van der Waals surface area (Å²) in [6.07, 6.45) is 2.23. The van der Waals surface area contributed by atoms with E-state index in [1.54, 1.807) is 0 Å². The number of carbonyl (C=O) groups excluding carboxylic acids is 1. The molecular weight excluding hydrogens is 208 g/mol. The highest BCUT2D eigenvalue weighted by atomic mass is 32.2. The van der Waals surface area contributed by atoms with Gasteiger partial charge in [0.2, 0.25) is 5.91 Å². The summed E-state index contributed by atoms with van der Waals surface area (Å²) < 4.78 is 0. The number of nitrogens with one attached hydrogen (secondary N) is 2. The molecule has 2 aliphatic rings. The monoisotopic (exact) mass is 228 g/mol. The lowest BCUT2D eigenvalue weighted by atomic mass is 9.88. The van der Waals surface area contributed by atoms with E-state index in [0.717, 1.165) is 26.1 Å². The standard InChI is InChI=1S/C11H20N2OS/c1-11(3-4-12-8-11)10(14)13-6-9-2-5-15-7-9/h9,12H,2-8H2,1H3,(H,13,14). The van der Waals surface area contributed by atoms with E-state index in [0.29, 0.717) is 5.92 Å². The van der Waals surface area contributed by atoms with Crippen LogP contribution >= 0.6 is 11.8 Å². The lowest BCUT2D eigenvalue weighted by Crippen LogP contribution is -2.42. The fourth-order valence-corrected chi connectivity index (χ4v) is 3.49. The molecule has 2 aliphatic heterocycles. The van der Waals surface area contributed by atoms with Gasteiger partial charge in [-0.25, -0.2) is 0 Å². The molecule has 15 heavy (non-hydrogen) atoms. The molecule has 0 radical (unpaired) electrons. The summed E-state index contributed by atoms with van der Waals surface area (Å²) in [6.45, 7) is 4.74. The third kappa shape index (κ3) is 2.67. The summed E-state index contributed by atoms with van der Waals surface area (Å²) in [5.74, 6) is 3.43. The van der Waals surface area contributed by atoms with Crippen molar-refractivity contribution in [3.63, 3.8) is 0 Å². The second-order valence-corrected chi connectivity index (χ2v) is 6.08. The topological polar surface area (TPSA) is 41.1 Å². The summed E-state index contributed by atoms with van der Waals surface area (Å²) in [7, 11) is 0. The van der Waals surface area contributed by atoms with Gasteiger partial charge in [-0.1, -0.05) is 0 Å². The van der Waals surface area contributed by atoms with Gasteiger partial charge in [-0.15, -0.1) is 0 Å². The molecule has 3 nitrogen and oxygen atoms in total. The van der Waals surface area contributed by atoms with Crippen molar-refractivity contribution >= 4 is 17.7 Å². The van der Waals surface area contributed by atoms with Crippen molar-refractivity contribution in [2.45, 2.75) is 19.8 Å². The van der Waals surface area contributed by atoms with Gasteiger partial charge in [0.15, 0.2) is 0 Å². The molecule has 0 bridgehead atoms. The number of hydrogen-bond donors (Lipinski definition) is 2. The van der Waals surface area contributed by atoms with Crippen molar-refractivity contribution in [2.24, 2.45) is 11.3 Å². The van der Waals surface area contributed by atoms with E-state index in [4.69, 9.17) is 0 Å². The quantitative estimate of drug-likeness (QED) is 0.752. The highest BCUT2D eigenvalue weighted by Crippen LogP contribution is 2.26. The highest BCUT2D eigenvalue weighted by Gasteiger charge is 2.36. The first-order chi connectivity index (χ1) is 7.21. The molecule has 0 saturated carbocycles. The third-order valence-corrected chi connectivity index (χ3v) is 4.72. The molecule has 2 saturated heterocycles. The summed E-state index contributed by atoms with van der Waals surface area (Å²) >= 11 is 2.00. The number of carbonyl (C=O) groups is 1. The maximum absolute atomic E-state index is 12.0. The maximum atomic E-state index is 12.0. The average Bonchev–Trinajstić information content (AvgIpc) is 2.85. The van der Waals surface area contributed by atoms with Crippen LogP contribution in [0.15, 0.2) is 0 Å². The SMILES string of the molecule is CC1(C(=O)NCC2CCSC2)CCNC1. The molecule has 2 fully saturated rings. The van der Waals surface area contributed by atoms with Crippen molar-refractivity contribution < 1.29 is 4.79 Å². The van der Waals surface area contributed by atoms with Crippen molar-refractivity contribution in [2.75, 3.05) is 31.1 Å². The zero-order valence-electron chi connectivity index (χ0n) is 9.34. The number of thioether (sulfide) groups is 1. The van der Waals surface area contributed by atoms with Gasteiger partial charge in [0.25, 0.3) is 0 Å². The predicted octanol–water partition coefficient (Wildman–Crippen LogP) is 0.855. The minimum atomic E-state index is -0.161. The number of rotatable bonds is 3. The van der Waals surface area contributed by atoms with Crippen LogP contribution in [0.3, 0.4) is 0 Å². The van der Waals surface area contributed by atoms with Gasteiger partial charge in [0.1, 0.15) is 0 Å². The molecule has 2 atom stereocenters. The fourth-order valence-electron chi connectivity index (χ4n) is 2.21. The van der Waals surface area contributed by atoms with Crippen LogP contribution < -0.4 is 10.6 Å². The van der Waals surface area contributed by atoms with Crippen LogP contribution in [0, 0.1) is 11.3 Å². The Morgan fingerprint density at radius 1 is 1.67 bits per heavy atom. The summed E-state index contributed by atoms with van der Waals surface area (Å²) in [4.78, 5) is 12.0. The minimum Gasteiger partial charge on any atom is -0.355 e. The molecule has 2 heterocycles. The van der Waals surface area contributed by atoms with Crippen LogP contribution in [0.25, 0.3) is 0 Å². The first-order valence-corrected chi connectivity index (χ1v) is 6.93. The molecule has 0 aromatic rings. The Morgan fingerprint density at radius 3 is 3.13 bits per heavy atom. The average molecular weight is 228 g/mol. The largest absolute Gasteiger partial charge is 0.355 e. The van der Waals surface area contributed by atoms with Gasteiger partial charge < -0.3 is 10.6 Å². The lowest BCUT2D eigenvalue weighted by molar-refractivity contribution is -0.129. The van der Waals surface area contributed by atoms with E-state index in [-0.39, 0.29) is 11.3 Å². The molecule has 2 rings (SSSR count). The van der Waals surface area contributed by atoms with Crippen LogP contribution in [0.4, 0.5) is 0 Å². The van der Waals surface area contributed by atoms with Crippen molar-refractivity contribution in [3.8, 4) is 0 Å². The van der Waals surface area contributed by atoms with Gasteiger partial charge in [0.05, 0.1) is 5.41 Å². The van der Waals surface area contributed by atoms with E-state index in [1.807, 2.05) is 11.8 Å². The number of amides is 1. The zero-order valence-corrected chi connectivity index (χ0v) is 10.2. The van der Waals surface area contributed by atoms with Crippen molar-refractivity contribution in [1.82, 2.24) is 10.6 Å². The molecule has 2 N–H and O–H groups in total. The Labute approximate surface area is 95.8 Å². The van der Waals surface area contributed by atoms with Gasteiger partial charge in [-0.2, -0.15) is 11.8 Å². The Bertz CT molecular complexity index is 233. The molecule has 2 unspecified atom stereocenters.